The van der Waals surface area contributed by atoms with Crippen LogP contribution in [0.2, 0.25) is 0 Å². The molecule has 2 aromatic heterocycles. The van der Waals surface area contributed by atoms with Gasteiger partial charge in [0.05, 0.1) is 0 Å². The summed E-state index contributed by atoms with van der Waals surface area (Å²) in [5, 5.41) is 16.2. The molecule has 0 unspecified atom stereocenters. The molecule has 96 valence electrons. The Balaban J connectivity index is 2.46. The Morgan fingerprint density at radius 3 is 2.83 bits per heavy atom. The fraction of sp³-hybridized carbons (Fsp3) is 0.417. The molecule has 2 rings (SSSR count). The van der Waals surface area contributed by atoms with Gasteiger partial charge < -0.3 is 10.4 Å². The van der Waals surface area contributed by atoms with Crippen LogP contribution in [0.25, 0.3) is 5.65 Å². The molecule has 0 fully saturated rings. The van der Waals surface area contributed by atoms with Gasteiger partial charge in [0, 0.05) is 24.4 Å². The Kier molecular flexibility index (Phi) is 3.18. The number of nitrogens with zero attached hydrogens (tertiary/aromatic N) is 3. The number of fused-ring (bicyclic) bond motifs is 1. The Bertz CT molecular complexity index is 589. The van der Waals surface area contributed by atoms with Gasteiger partial charge in [-0.15, -0.1) is 0 Å². The van der Waals surface area contributed by atoms with Crippen molar-refractivity contribution in [3.63, 3.8) is 0 Å². The number of hydrogen-bond acceptors (Lipinski definition) is 4. The third-order valence-corrected chi connectivity index (χ3v) is 2.47. The lowest BCUT2D eigenvalue weighted by molar-refractivity contribution is 0.0690. The van der Waals surface area contributed by atoms with Crippen molar-refractivity contribution in [1.29, 1.82) is 0 Å². The first-order valence-electron chi connectivity index (χ1n) is 5.82. The van der Waals surface area contributed by atoms with Crippen molar-refractivity contribution in [3.8, 4) is 0 Å². The molecule has 0 radical (unpaired) electrons. The van der Waals surface area contributed by atoms with E-state index in [1.807, 2.05) is 13.0 Å². The second-order valence-corrected chi connectivity index (χ2v) is 4.66. The van der Waals surface area contributed by atoms with Gasteiger partial charge in [0.1, 0.15) is 5.82 Å². The normalized spacial score (nSPS) is 11.1. The summed E-state index contributed by atoms with van der Waals surface area (Å²) in [4.78, 5) is 15.2. The Labute approximate surface area is 105 Å². The molecule has 18 heavy (non-hydrogen) atoms. The van der Waals surface area contributed by atoms with Crippen LogP contribution in [0.3, 0.4) is 0 Å². The van der Waals surface area contributed by atoms with Crippen molar-refractivity contribution in [1.82, 2.24) is 14.6 Å². The lowest BCUT2D eigenvalue weighted by Gasteiger charge is -2.10. The van der Waals surface area contributed by atoms with Crippen LogP contribution in [-0.2, 0) is 0 Å². The van der Waals surface area contributed by atoms with Crippen LogP contribution in [0.1, 0.15) is 30.0 Å². The van der Waals surface area contributed by atoms with E-state index in [0.29, 0.717) is 11.6 Å². The molecule has 2 aromatic rings. The second kappa shape index (κ2) is 4.64. The van der Waals surface area contributed by atoms with Gasteiger partial charge in [-0.3, -0.25) is 0 Å². The highest BCUT2D eigenvalue weighted by Gasteiger charge is 2.12. The highest BCUT2D eigenvalue weighted by atomic mass is 16.4. The van der Waals surface area contributed by atoms with Gasteiger partial charge in [0.15, 0.2) is 11.3 Å². The predicted octanol–water partition coefficient (Wildman–Crippen LogP) is 1.80. The number of carboxylic acid groups (broad SMARTS) is 1. The first-order valence-corrected chi connectivity index (χ1v) is 5.82. The van der Waals surface area contributed by atoms with Gasteiger partial charge in [0.25, 0.3) is 0 Å². The van der Waals surface area contributed by atoms with Gasteiger partial charge in [-0.25, -0.2) is 9.78 Å². The van der Waals surface area contributed by atoms with Crippen LogP contribution in [0.5, 0.6) is 0 Å². The molecule has 0 aliphatic carbocycles. The summed E-state index contributed by atoms with van der Waals surface area (Å²) in [6.45, 7) is 6.86. The molecule has 0 aliphatic rings. The minimum Gasteiger partial charge on any atom is -0.476 e. The first kappa shape index (κ1) is 12.3. The Morgan fingerprint density at radius 1 is 1.50 bits per heavy atom. The average Bonchev–Trinajstić information content (AvgIpc) is 2.69. The van der Waals surface area contributed by atoms with E-state index < -0.39 is 5.97 Å². The Hall–Kier alpha value is -2.11. The maximum absolute atomic E-state index is 10.9. The number of rotatable bonds is 4. The molecule has 0 aliphatic heterocycles. The van der Waals surface area contributed by atoms with Crippen molar-refractivity contribution in [2.45, 2.75) is 20.8 Å². The lowest BCUT2D eigenvalue weighted by atomic mass is 10.2. The molecule has 0 aromatic carbocycles. The zero-order chi connectivity index (χ0) is 13.3. The van der Waals surface area contributed by atoms with Crippen LogP contribution in [-0.4, -0.2) is 32.2 Å². The molecule has 2 N–H and O–H groups in total. The number of aromatic carboxylic acids is 1. The van der Waals surface area contributed by atoms with Crippen molar-refractivity contribution < 1.29 is 9.90 Å². The average molecular weight is 248 g/mol. The van der Waals surface area contributed by atoms with E-state index in [9.17, 15) is 4.79 Å². The zero-order valence-electron chi connectivity index (χ0n) is 10.6. The fourth-order valence-corrected chi connectivity index (χ4v) is 1.64. The molecule has 0 saturated heterocycles. The minimum absolute atomic E-state index is 0.000645. The molecule has 2 heterocycles. The van der Waals surface area contributed by atoms with Gasteiger partial charge in [-0.05, 0) is 12.8 Å². The third-order valence-electron chi connectivity index (χ3n) is 2.47. The number of aryl methyl sites for hydroxylation is 1. The highest BCUT2D eigenvalue weighted by molar-refractivity contribution is 5.86. The molecule has 6 heteroatoms. The van der Waals surface area contributed by atoms with Crippen molar-refractivity contribution in [3.05, 3.63) is 23.5 Å². The number of nitrogens with one attached hydrogen (secondary N) is 1. The van der Waals surface area contributed by atoms with Crippen molar-refractivity contribution in [2.75, 3.05) is 11.9 Å². The highest BCUT2D eigenvalue weighted by Crippen LogP contribution is 2.14. The lowest BCUT2D eigenvalue weighted by Crippen LogP contribution is -2.12. The maximum atomic E-state index is 10.9. The number of carbonyl (C=O) groups is 1. The predicted molar refractivity (Wildman–Crippen MR) is 68.0 cm³/mol. The summed E-state index contributed by atoms with van der Waals surface area (Å²) in [6.07, 6.45) is 0. The molecule has 0 bridgehead atoms. The minimum atomic E-state index is -1.05. The van der Waals surface area contributed by atoms with Gasteiger partial charge >= 0.3 is 5.97 Å². The van der Waals surface area contributed by atoms with Crippen LogP contribution in [0.4, 0.5) is 5.82 Å². The number of aromatic nitrogens is 3. The molecule has 6 nitrogen and oxygen atoms in total. The topological polar surface area (TPSA) is 79.5 Å². The summed E-state index contributed by atoms with van der Waals surface area (Å²) in [5.41, 5.74) is 1.37. The second-order valence-electron chi connectivity index (χ2n) is 4.66. The number of anilines is 1. The molecule has 0 saturated carbocycles. The standard InChI is InChI=1S/C12H16N4O2/c1-7(2)6-13-10-4-8(3)14-11-5-9(12(17)18)15-16(10)11/h4-5,7,13H,6H2,1-3H3,(H,17,18). The van der Waals surface area contributed by atoms with E-state index in [0.717, 1.165) is 18.1 Å². The third kappa shape index (κ3) is 2.42. The van der Waals surface area contributed by atoms with E-state index in [4.69, 9.17) is 5.11 Å². The quantitative estimate of drug-likeness (QED) is 0.862. The summed E-state index contributed by atoms with van der Waals surface area (Å²) in [5.74, 6) is 0.203. The smallest absolute Gasteiger partial charge is 0.356 e. The zero-order valence-corrected chi connectivity index (χ0v) is 10.6. The van der Waals surface area contributed by atoms with Crippen molar-refractivity contribution in [2.24, 2.45) is 5.92 Å². The van der Waals surface area contributed by atoms with Crippen LogP contribution in [0.15, 0.2) is 12.1 Å². The largest absolute Gasteiger partial charge is 0.476 e. The summed E-state index contributed by atoms with van der Waals surface area (Å²) in [6, 6.07) is 3.32. The molecule has 0 amide bonds. The van der Waals surface area contributed by atoms with E-state index in [1.165, 1.54) is 10.6 Å². The van der Waals surface area contributed by atoms with Gasteiger partial charge in [-0.2, -0.15) is 9.61 Å². The van der Waals surface area contributed by atoms with E-state index in [1.54, 1.807) is 0 Å². The van der Waals surface area contributed by atoms with Crippen molar-refractivity contribution >= 4 is 17.4 Å². The summed E-state index contributed by atoms with van der Waals surface area (Å²) in [7, 11) is 0. The molecule has 0 spiro atoms. The van der Waals surface area contributed by atoms with E-state index >= 15 is 0 Å². The molecule has 0 atom stereocenters. The maximum Gasteiger partial charge on any atom is 0.356 e. The molecular formula is C12H16N4O2. The van der Waals surface area contributed by atoms with Gasteiger partial charge in [-0.1, -0.05) is 13.8 Å². The van der Waals surface area contributed by atoms with Crippen LogP contribution in [0, 0.1) is 12.8 Å². The van der Waals surface area contributed by atoms with Crippen LogP contribution >= 0.6 is 0 Å². The van der Waals surface area contributed by atoms with E-state index in [2.05, 4.69) is 29.2 Å². The monoisotopic (exact) mass is 248 g/mol. The molecular weight excluding hydrogens is 232 g/mol. The fourth-order valence-electron chi connectivity index (χ4n) is 1.64. The number of hydrogen-bond donors (Lipinski definition) is 2. The van der Waals surface area contributed by atoms with E-state index in [-0.39, 0.29) is 5.69 Å². The summed E-state index contributed by atoms with van der Waals surface area (Å²) >= 11 is 0. The summed E-state index contributed by atoms with van der Waals surface area (Å²) < 4.78 is 1.53. The van der Waals surface area contributed by atoms with Gasteiger partial charge in [0.2, 0.25) is 0 Å². The SMILES string of the molecule is Cc1cc(NCC(C)C)n2nc(C(=O)O)cc2n1. The Morgan fingerprint density at radius 2 is 2.22 bits per heavy atom. The van der Waals surface area contributed by atoms with Crippen LogP contribution < -0.4 is 5.32 Å². The first-order chi connectivity index (χ1) is 8.47. The number of carboxylic acids is 1.